The van der Waals surface area contributed by atoms with Crippen LogP contribution in [0.25, 0.3) is 0 Å². The predicted octanol–water partition coefficient (Wildman–Crippen LogP) is 2.49. The molecule has 5 nitrogen and oxygen atoms in total. The van der Waals surface area contributed by atoms with Crippen molar-refractivity contribution < 1.29 is 14.3 Å². The molecule has 1 atom stereocenters. The van der Waals surface area contributed by atoms with Crippen LogP contribution in [-0.2, 0) is 16.0 Å². The first-order valence-corrected chi connectivity index (χ1v) is 9.44. The molecular weight excluding hydrogens is 336 g/mol. The summed E-state index contributed by atoms with van der Waals surface area (Å²) in [4.78, 5) is 14.7. The standard InChI is InChI=1S/C19H24N2O3S/c1-23-17-4-2-15(3-5-17)12-19(22)20-13-18(16-6-11-25-14-16)21-7-9-24-10-8-21/h2-6,11,14,18H,7-10,12-13H2,1H3,(H,20,22). The molecule has 0 bridgehead atoms. The maximum Gasteiger partial charge on any atom is 0.224 e. The highest BCUT2D eigenvalue weighted by atomic mass is 32.1. The van der Waals surface area contributed by atoms with E-state index in [9.17, 15) is 4.79 Å². The zero-order chi connectivity index (χ0) is 17.5. The third kappa shape index (κ3) is 5.04. The van der Waals surface area contributed by atoms with Gasteiger partial charge in [0, 0.05) is 19.6 Å². The first-order chi connectivity index (χ1) is 12.3. The molecule has 1 aromatic carbocycles. The Kier molecular flexibility index (Phi) is 6.44. The van der Waals surface area contributed by atoms with Gasteiger partial charge in [-0.1, -0.05) is 12.1 Å². The smallest absolute Gasteiger partial charge is 0.224 e. The first kappa shape index (κ1) is 17.9. The molecule has 1 amide bonds. The molecule has 0 aliphatic carbocycles. The van der Waals surface area contributed by atoms with E-state index in [2.05, 4.69) is 27.0 Å². The lowest BCUT2D eigenvalue weighted by Gasteiger charge is -2.34. The number of hydrogen-bond acceptors (Lipinski definition) is 5. The van der Waals surface area contributed by atoms with Gasteiger partial charge in [0.15, 0.2) is 0 Å². The number of amides is 1. The van der Waals surface area contributed by atoms with Gasteiger partial charge < -0.3 is 14.8 Å². The van der Waals surface area contributed by atoms with Gasteiger partial charge >= 0.3 is 0 Å². The quantitative estimate of drug-likeness (QED) is 0.824. The van der Waals surface area contributed by atoms with E-state index in [-0.39, 0.29) is 11.9 Å². The molecule has 6 heteroatoms. The lowest BCUT2D eigenvalue weighted by atomic mass is 10.1. The van der Waals surface area contributed by atoms with Crippen LogP contribution in [-0.4, -0.2) is 50.8 Å². The van der Waals surface area contributed by atoms with Crippen LogP contribution in [0.4, 0.5) is 0 Å². The number of nitrogens with zero attached hydrogens (tertiary/aromatic N) is 1. The number of ether oxygens (including phenoxy) is 2. The van der Waals surface area contributed by atoms with E-state index in [0.29, 0.717) is 13.0 Å². The Morgan fingerprint density at radius 3 is 2.68 bits per heavy atom. The van der Waals surface area contributed by atoms with Crippen LogP contribution in [0.1, 0.15) is 17.2 Å². The normalized spacial score (nSPS) is 16.4. The Balaban J connectivity index is 1.57. The predicted molar refractivity (Wildman–Crippen MR) is 99.2 cm³/mol. The fourth-order valence-corrected chi connectivity index (χ4v) is 3.72. The lowest BCUT2D eigenvalue weighted by molar-refractivity contribution is -0.120. The van der Waals surface area contributed by atoms with Gasteiger partial charge in [0.05, 0.1) is 32.8 Å². The highest BCUT2D eigenvalue weighted by Gasteiger charge is 2.23. The van der Waals surface area contributed by atoms with Crippen molar-refractivity contribution in [3.8, 4) is 5.75 Å². The number of hydrogen-bond donors (Lipinski definition) is 1. The second kappa shape index (κ2) is 8.99. The average Bonchev–Trinajstić information content (AvgIpc) is 3.18. The number of methoxy groups -OCH3 is 1. The fourth-order valence-electron chi connectivity index (χ4n) is 3.01. The van der Waals surface area contributed by atoms with E-state index < -0.39 is 0 Å². The van der Waals surface area contributed by atoms with Crippen LogP contribution in [0.15, 0.2) is 41.1 Å². The number of benzene rings is 1. The summed E-state index contributed by atoms with van der Waals surface area (Å²) in [6.45, 7) is 3.91. The summed E-state index contributed by atoms with van der Waals surface area (Å²) in [6, 6.07) is 9.96. The lowest BCUT2D eigenvalue weighted by Crippen LogP contribution is -2.43. The Labute approximate surface area is 152 Å². The van der Waals surface area contributed by atoms with Crippen molar-refractivity contribution in [1.82, 2.24) is 10.2 Å². The van der Waals surface area contributed by atoms with Crippen molar-refractivity contribution >= 4 is 17.2 Å². The highest BCUT2D eigenvalue weighted by molar-refractivity contribution is 7.07. The molecular formula is C19H24N2O3S. The molecule has 3 rings (SSSR count). The number of carbonyl (C=O) groups excluding carboxylic acids is 1. The second-order valence-corrected chi connectivity index (χ2v) is 6.83. The van der Waals surface area contributed by atoms with Gasteiger partial charge in [-0.05, 0) is 40.1 Å². The minimum atomic E-state index is 0.0404. The Morgan fingerprint density at radius 1 is 1.28 bits per heavy atom. The average molecular weight is 360 g/mol. The van der Waals surface area contributed by atoms with Crippen LogP contribution in [0, 0.1) is 0 Å². The number of morpholine rings is 1. The minimum absolute atomic E-state index is 0.0404. The topological polar surface area (TPSA) is 50.8 Å². The van der Waals surface area contributed by atoms with Crippen LogP contribution in [0.3, 0.4) is 0 Å². The summed E-state index contributed by atoms with van der Waals surface area (Å²) in [6.07, 6.45) is 0.378. The van der Waals surface area contributed by atoms with E-state index in [4.69, 9.17) is 9.47 Å². The molecule has 134 valence electrons. The van der Waals surface area contributed by atoms with Gasteiger partial charge in [0.2, 0.25) is 5.91 Å². The van der Waals surface area contributed by atoms with Crippen molar-refractivity contribution in [2.45, 2.75) is 12.5 Å². The van der Waals surface area contributed by atoms with Crippen molar-refractivity contribution in [3.63, 3.8) is 0 Å². The van der Waals surface area contributed by atoms with Crippen molar-refractivity contribution in [2.75, 3.05) is 40.0 Å². The summed E-state index contributed by atoms with van der Waals surface area (Å²) in [7, 11) is 1.64. The van der Waals surface area contributed by atoms with E-state index >= 15 is 0 Å². The van der Waals surface area contributed by atoms with E-state index in [0.717, 1.165) is 37.6 Å². The van der Waals surface area contributed by atoms with Gasteiger partial charge in [-0.15, -0.1) is 0 Å². The van der Waals surface area contributed by atoms with Crippen molar-refractivity contribution in [3.05, 3.63) is 52.2 Å². The Morgan fingerprint density at radius 2 is 2.04 bits per heavy atom. The monoisotopic (exact) mass is 360 g/mol. The van der Waals surface area contributed by atoms with Gasteiger partial charge in [-0.25, -0.2) is 0 Å². The molecule has 25 heavy (non-hydrogen) atoms. The van der Waals surface area contributed by atoms with Crippen LogP contribution in [0.5, 0.6) is 5.75 Å². The van der Waals surface area contributed by atoms with Gasteiger partial charge in [-0.3, -0.25) is 9.69 Å². The van der Waals surface area contributed by atoms with Crippen LogP contribution < -0.4 is 10.1 Å². The highest BCUT2D eigenvalue weighted by Crippen LogP contribution is 2.23. The first-order valence-electron chi connectivity index (χ1n) is 8.50. The van der Waals surface area contributed by atoms with Gasteiger partial charge in [0.1, 0.15) is 5.75 Å². The van der Waals surface area contributed by atoms with Gasteiger partial charge in [-0.2, -0.15) is 11.3 Å². The van der Waals surface area contributed by atoms with E-state index in [1.165, 1.54) is 5.56 Å². The molecule has 0 radical (unpaired) electrons. The second-order valence-electron chi connectivity index (χ2n) is 6.05. The molecule has 1 unspecified atom stereocenters. The summed E-state index contributed by atoms with van der Waals surface area (Å²) < 4.78 is 10.6. The van der Waals surface area contributed by atoms with Crippen LogP contribution >= 0.6 is 11.3 Å². The Bertz CT molecular complexity index is 652. The molecule has 0 saturated carbocycles. The van der Waals surface area contributed by atoms with Crippen molar-refractivity contribution in [2.24, 2.45) is 0 Å². The largest absolute Gasteiger partial charge is 0.497 e. The molecule has 1 aliphatic heterocycles. The third-order valence-corrected chi connectivity index (χ3v) is 5.13. The third-order valence-electron chi connectivity index (χ3n) is 4.43. The number of thiophene rings is 1. The summed E-state index contributed by atoms with van der Waals surface area (Å²) >= 11 is 1.69. The zero-order valence-electron chi connectivity index (χ0n) is 14.4. The zero-order valence-corrected chi connectivity index (χ0v) is 15.3. The van der Waals surface area contributed by atoms with E-state index in [1.807, 2.05) is 24.3 Å². The molecule has 1 aliphatic rings. The summed E-state index contributed by atoms with van der Waals surface area (Å²) in [5, 5.41) is 7.35. The molecule has 2 aromatic rings. The molecule has 1 N–H and O–H groups in total. The number of nitrogens with one attached hydrogen (secondary N) is 1. The minimum Gasteiger partial charge on any atom is -0.497 e. The SMILES string of the molecule is COc1ccc(CC(=O)NCC(c2ccsc2)N2CCOCC2)cc1. The Hall–Kier alpha value is -1.89. The number of carbonyl (C=O) groups is 1. The molecule has 1 saturated heterocycles. The maximum atomic E-state index is 12.3. The number of rotatable bonds is 7. The summed E-state index contributed by atoms with van der Waals surface area (Å²) in [5.74, 6) is 0.840. The fraction of sp³-hybridized carbons (Fsp3) is 0.421. The molecule has 1 aromatic heterocycles. The van der Waals surface area contributed by atoms with Crippen LogP contribution in [0.2, 0.25) is 0 Å². The molecule has 2 heterocycles. The van der Waals surface area contributed by atoms with Gasteiger partial charge in [0.25, 0.3) is 0 Å². The maximum absolute atomic E-state index is 12.3. The van der Waals surface area contributed by atoms with E-state index in [1.54, 1.807) is 18.4 Å². The summed E-state index contributed by atoms with van der Waals surface area (Å²) in [5.41, 5.74) is 2.24. The van der Waals surface area contributed by atoms with Crippen molar-refractivity contribution in [1.29, 1.82) is 0 Å². The molecule has 0 spiro atoms. The molecule has 1 fully saturated rings.